The van der Waals surface area contributed by atoms with Crippen molar-refractivity contribution in [2.24, 2.45) is 11.3 Å². The third-order valence-electron chi connectivity index (χ3n) is 4.09. The van der Waals surface area contributed by atoms with Crippen molar-refractivity contribution >= 4 is 17.5 Å². The minimum atomic E-state index is -1.10. The Bertz CT molecular complexity index is 341. The molecular weight excluding hydrogens is 264 g/mol. The van der Waals surface area contributed by atoms with Crippen molar-refractivity contribution in [3.05, 3.63) is 0 Å². The van der Waals surface area contributed by atoms with Gasteiger partial charge in [-0.15, -0.1) is 4.72 Å². The summed E-state index contributed by atoms with van der Waals surface area (Å²) in [6, 6.07) is 0.0734. The Balaban J connectivity index is 2.57. The second-order valence-corrected chi connectivity index (χ2v) is 8.95. The van der Waals surface area contributed by atoms with Crippen LogP contribution in [0.2, 0.25) is 0 Å². The van der Waals surface area contributed by atoms with E-state index in [1.54, 1.807) is 0 Å². The van der Waals surface area contributed by atoms with Gasteiger partial charge in [0.2, 0.25) is 0 Å². The van der Waals surface area contributed by atoms with E-state index in [1.165, 1.54) is 0 Å². The number of hydrogen-bond acceptors (Lipinski definition) is 3. The van der Waals surface area contributed by atoms with Crippen molar-refractivity contribution in [2.45, 2.75) is 64.8 Å². The molecule has 0 spiro atoms. The lowest BCUT2D eigenvalue weighted by molar-refractivity contribution is -0.000692. The van der Waals surface area contributed by atoms with Gasteiger partial charge in [0.15, 0.2) is 0 Å². The van der Waals surface area contributed by atoms with Crippen molar-refractivity contribution in [2.75, 3.05) is 0 Å². The topological polar surface area (TPSA) is 84.4 Å². The number of nitrogens with one attached hydrogen (secondary N) is 2. The van der Waals surface area contributed by atoms with Gasteiger partial charge in [0.25, 0.3) is 0 Å². The largest absolute Gasteiger partial charge is 0.598 e. The van der Waals surface area contributed by atoms with Gasteiger partial charge in [-0.25, -0.2) is 4.79 Å². The summed E-state index contributed by atoms with van der Waals surface area (Å²) in [5, 5.41) is 11.3. The second kappa shape index (κ2) is 5.50. The molecule has 0 aromatic heterocycles. The Labute approximate surface area is 118 Å². The average Bonchev–Trinajstić information content (AvgIpc) is 2.21. The molecule has 19 heavy (non-hydrogen) atoms. The van der Waals surface area contributed by atoms with Crippen LogP contribution < -0.4 is 10.0 Å². The minimum Gasteiger partial charge on any atom is -0.598 e. The van der Waals surface area contributed by atoms with E-state index in [-0.39, 0.29) is 22.2 Å². The fraction of sp³-hybridized carbons (Fsp3) is 0.923. The monoisotopic (exact) mass is 290 g/mol. The first-order valence-electron chi connectivity index (χ1n) is 6.63. The van der Waals surface area contributed by atoms with Crippen LogP contribution in [0.1, 0.15) is 48.0 Å². The van der Waals surface area contributed by atoms with Gasteiger partial charge < -0.3 is 15.0 Å². The smallest absolute Gasteiger partial charge is 0.404 e. The second-order valence-electron chi connectivity index (χ2n) is 6.95. The number of carbonyl (C=O) groups is 1. The summed E-state index contributed by atoms with van der Waals surface area (Å²) in [6.07, 6.45) is -0.190. The molecule has 1 amide bonds. The van der Waals surface area contributed by atoms with Crippen molar-refractivity contribution in [3.63, 3.8) is 0 Å². The standard InChI is InChI=1S/C13H26N2O3S/c1-8(15-19(18)12(2,3)4)9-7-10(13(9,5)6)14-11(16)17/h8-10,14-15H,7H2,1-6H3,(H,16,17)/t8-,9+,10+,19-/m0/s1. The van der Waals surface area contributed by atoms with Gasteiger partial charge in [-0.2, -0.15) is 0 Å². The quantitative estimate of drug-likeness (QED) is 0.692. The molecule has 1 rings (SSSR count). The number of hydrogen-bond donors (Lipinski definition) is 3. The highest BCUT2D eigenvalue weighted by atomic mass is 32.2. The van der Waals surface area contributed by atoms with Crippen LogP contribution in [0.15, 0.2) is 0 Å². The third kappa shape index (κ3) is 3.77. The molecule has 0 aromatic carbocycles. The zero-order valence-electron chi connectivity index (χ0n) is 12.6. The van der Waals surface area contributed by atoms with Gasteiger partial charge in [-0.3, -0.25) is 0 Å². The zero-order valence-corrected chi connectivity index (χ0v) is 13.4. The van der Waals surface area contributed by atoms with Gasteiger partial charge in [-0.1, -0.05) is 13.8 Å². The van der Waals surface area contributed by atoms with Crippen molar-refractivity contribution in [3.8, 4) is 0 Å². The van der Waals surface area contributed by atoms with Crippen LogP contribution in [-0.2, 0) is 11.4 Å². The maximum Gasteiger partial charge on any atom is 0.404 e. The number of amides is 1. The van der Waals surface area contributed by atoms with Crippen molar-refractivity contribution < 1.29 is 14.5 Å². The van der Waals surface area contributed by atoms with E-state index < -0.39 is 17.5 Å². The third-order valence-corrected chi connectivity index (χ3v) is 5.79. The molecule has 0 aromatic rings. The molecule has 1 saturated carbocycles. The fourth-order valence-corrected chi connectivity index (χ4v) is 3.49. The van der Waals surface area contributed by atoms with Crippen LogP contribution in [0.25, 0.3) is 0 Å². The summed E-state index contributed by atoms with van der Waals surface area (Å²) in [6.45, 7) is 11.9. The molecule has 1 aliphatic carbocycles. The van der Waals surface area contributed by atoms with Crippen molar-refractivity contribution in [1.29, 1.82) is 0 Å². The number of rotatable bonds is 4. The average molecular weight is 290 g/mol. The minimum absolute atomic E-state index is 0.0256. The fourth-order valence-electron chi connectivity index (χ4n) is 2.63. The van der Waals surface area contributed by atoms with Gasteiger partial charge in [-0.05, 0) is 45.4 Å². The van der Waals surface area contributed by atoms with E-state index in [9.17, 15) is 9.35 Å². The molecule has 0 heterocycles. The van der Waals surface area contributed by atoms with Gasteiger partial charge >= 0.3 is 6.09 Å². The van der Waals surface area contributed by atoms with E-state index in [2.05, 4.69) is 23.9 Å². The van der Waals surface area contributed by atoms with Crippen LogP contribution in [0.3, 0.4) is 0 Å². The Kier molecular flexibility index (Phi) is 4.80. The molecule has 1 aliphatic rings. The van der Waals surface area contributed by atoms with Crippen LogP contribution in [0.4, 0.5) is 4.79 Å². The van der Waals surface area contributed by atoms with E-state index in [0.29, 0.717) is 5.92 Å². The van der Waals surface area contributed by atoms with Crippen LogP contribution in [0, 0.1) is 11.3 Å². The highest BCUT2D eigenvalue weighted by Crippen LogP contribution is 2.48. The highest BCUT2D eigenvalue weighted by molar-refractivity contribution is 7.90. The van der Waals surface area contributed by atoms with Crippen LogP contribution >= 0.6 is 0 Å². The predicted molar refractivity (Wildman–Crippen MR) is 77.3 cm³/mol. The Morgan fingerprint density at radius 2 is 2.00 bits per heavy atom. The Hall–Kier alpha value is -0.460. The summed E-state index contributed by atoms with van der Waals surface area (Å²) in [7, 11) is 0. The molecule has 1 fully saturated rings. The summed E-state index contributed by atoms with van der Waals surface area (Å²) >= 11 is -1.10. The zero-order chi connectivity index (χ0) is 15.0. The maximum atomic E-state index is 12.1. The molecule has 6 heteroatoms. The summed E-state index contributed by atoms with van der Waals surface area (Å²) in [5.74, 6) is 0.315. The van der Waals surface area contributed by atoms with Crippen LogP contribution in [-0.4, -0.2) is 32.6 Å². The molecule has 0 aliphatic heterocycles. The molecule has 112 valence electrons. The maximum absolute atomic E-state index is 12.1. The first kappa shape index (κ1) is 16.6. The number of carboxylic acid groups (broad SMARTS) is 1. The van der Waals surface area contributed by atoms with E-state index in [4.69, 9.17) is 5.11 Å². The molecule has 4 atom stereocenters. The summed E-state index contributed by atoms with van der Waals surface area (Å²) < 4.78 is 14.9. The molecule has 0 unspecified atom stereocenters. The lowest BCUT2D eigenvalue weighted by atomic mass is 9.56. The molecule has 3 N–H and O–H groups in total. The van der Waals surface area contributed by atoms with E-state index in [1.807, 2.05) is 27.7 Å². The predicted octanol–water partition coefficient (Wildman–Crippen LogP) is 2.11. The van der Waals surface area contributed by atoms with Crippen LogP contribution in [0.5, 0.6) is 0 Å². The molecule has 0 radical (unpaired) electrons. The lowest BCUT2D eigenvalue weighted by Crippen LogP contribution is -2.63. The lowest BCUT2D eigenvalue weighted by Gasteiger charge is -2.54. The first-order chi connectivity index (χ1) is 8.46. The summed E-state index contributed by atoms with van der Waals surface area (Å²) in [5.41, 5.74) is -0.118. The first-order valence-corrected chi connectivity index (χ1v) is 7.78. The van der Waals surface area contributed by atoms with Gasteiger partial charge in [0.1, 0.15) is 4.75 Å². The van der Waals surface area contributed by atoms with Gasteiger partial charge in [0, 0.05) is 17.4 Å². The Morgan fingerprint density at radius 1 is 1.47 bits per heavy atom. The highest BCUT2D eigenvalue weighted by Gasteiger charge is 2.52. The van der Waals surface area contributed by atoms with E-state index >= 15 is 0 Å². The molecular formula is C13H26N2O3S. The molecule has 0 bridgehead atoms. The molecule has 5 nitrogen and oxygen atoms in total. The van der Waals surface area contributed by atoms with Crippen molar-refractivity contribution in [1.82, 2.24) is 10.0 Å². The SMILES string of the molecule is C[C@H](N[S@@+]([O-])C(C)(C)C)[C@H]1C[C@@H](NC(=O)O)C1(C)C. The normalized spacial score (nSPS) is 29.2. The summed E-state index contributed by atoms with van der Waals surface area (Å²) in [4.78, 5) is 10.7. The molecule has 0 saturated heterocycles. The van der Waals surface area contributed by atoms with Gasteiger partial charge in [0.05, 0.1) is 6.04 Å². The van der Waals surface area contributed by atoms with E-state index in [0.717, 1.165) is 6.42 Å². The Morgan fingerprint density at radius 3 is 2.37 bits per heavy atom.